The van der Waals surface area contributed by atoms with Crippen molar-refractivity contribution >= 4 is 10.9 Å². The van der Waals surface area contributed by atoms with Gasteiger partial charge in [-0.05, 0) is 75.0 Å². The van der Waals surface area contributed by atoms with Crippen molar-refractivity contribution in [3.05, 3.63) is 41.8 Å². The maximum Gasteiger partial charge on any atom is 0.124 e. The number of piperidine rings is 1. The second kappa shape index (κ2) is 6.54. The highest BCUT2D eigenvalue weighted by atomic mass is 19.1. The molecular formula is C19H24FN3. The van der Waals surface area contributed by atoms with E-state index in [1.54, 1.807) is 18.3 Å². The van der Waals surface area contributed by atoms with Gasteiger partial charge in [0.25, 0.3) is 0 Å². The van der Waals surface area contributed by atoms with Crippen molar-refractivity contribution in [3.8, 4) is 0 Å². The topological polar surface area (TPSA) is 28.2 Å². The smallest absolute Gasteiger partial charge is 0.124 e. The first-order chi connectivity index (χ1) is 11.3. The van der Waals surface area contributed by atoms with Crippen molar-refractivity contribution in [2.45, 2.75) is 38.3 Å². The molecule has 0 spiro atoms. The van der Waals surface area contributed by atoms with Crippen LogP contribution in [0, 0.1) is 11.7 Å². The van der Waals surface area contributed by atoms with Gasteiger partial charge < -0.3 is 5.32 Å². The van der Waals surface area contributed by atoms with E-state index >= 15 is 0 Å². The molecule has 1 aliphatic carbocycles. The van der Waals surface area contributed by atoms with Crippen LogP contribution in [0.3, 0.4) is 0 Å². The summed E-state index contributed by atoms with van der Waals surface area (Å²) in [6.45, 7) is 4.14. The predicted octanol–water partition coefficient (Wildman–Crippen LogP) is 3.34. The third-order valence-corrected chi connectivity index (χ3v) is 5.12. The Bertz CT molecular complexity index is 675. The Morgan fingerprint density at radius 2 is 2.00 bits per heavy atom. The molecule has 1 N–H and O–H groups in total. The van der Waals surface area contributed by atoms with E-state index in [4.69, 9.17) is 0 Å². The Morgan fingerprint density at radius 3 is 2.78 bits per heavy atom. The lowest BCUT2D eigenvalue weighted by Crippen LogP contribution is -2.42. The van der Waals surface area contributed by atoms with Crippen LogP contribution in [-0.2, 0) is 6.54 Å². The van der Waals surface area contributed by atoms with Crippen molar-refractivity contribution in [1.29, 1.82) is 0 Å². The zero-order valence-electron chi connectivity index (χ0n) is 13.5. The van der Waals surface area contributed by atoms with Crippen LogP contribution in [0.4, 0.5) is 4.39 Å². The Hall–Kier alpha value is -1.52. The van der Waals surface area contributed by atoms with Crippen LogP contribution in [-0.4, -0.2) is 35.6 Å². The van der Waals surface area contributed by atoms with Gasteiger partial charge in [-0.1, -0.05) is 6.07 Å². The molecule has 2 heterocycles. The van der Waals surface area contributed by atoms with Crippen LogP contribution in [0.25, 0.3) is 10.9 Å². The number of rotatable bonds is 5. The maximum absolute atomic E-state index is 13.8. The first-order valence-corrected chi connectivity index (χ1v) is 8.77. The van der Waals surface area contributed by atoms with Gasteiger partial charge in [-0.25, -0.2) is 4.39 Å². The molecule has 122 valence electrons. The lowest BCUT2D eigenvalue weighted by molar-refractivity contribution is 0.190. The number of hydrogen-bond acceptors (Lipinski definition) is 3. The van der Waals surface area contributed by atoms with Crippen molar-refractivity contribution in [2.75, 3.05) is 19.6 Å². The molecule has 0 unspecified atom stereocenters. The van der Waals surface area contributed by atoms with Gasteiger partial charge in [-0.15, -0.1) is 0 Å². The summed E-state index contributed by atoms with van der Waals surface area (Å²) in [4.78, 5) is 6.88. The highest BCUT2D eigenvalue weighted by Crippen LogP contribution is 2.28. The van der Waals surface area contributed by atoms with Crippen molar-refractivity contribution in [1.82, 2.24) is 15.2 Å². The van der Waals surface area contributed by atoms with E-state index in [0.717, 1.165) is 42.0 Å². The molecule has 4 heteroatoms. The molecule has 1 saturated carbocycles. The van der Waals surface area contributed by atoms with Gasteiger partial charge in [0.05, 0.1) is 5.52 Å². The second-order valence-corrected chi connectivity index (χ2v) is 7.04. The van der Waals surface area contributed by atoms with Crippen molar-refractivity contribution in [2.24, 2.45) is 5.92 Å². The minimum atomic E-state index is -0.165. The molecule has 1 saturated heterocycles. The quantitative estimate of drug-likeness (QED) is 0.917. The lowest BCUT2D eigenvalue weighted by atomic mass is 10.0. The molecule has 0 amide bonds. The third kappa shape index (κ3) is 3.70. The molecule has 23 heavy (non-hydrogen) atoms. The summed E-state index contributed by atoms with van der Waals surface area (Å²) >= 11 is 0. The maximum atomic E-state index is 13.8. The molecule has 4 rings (SSSR count). The molecule has 0 bridgehead atoms. The summed E-state index contributed by atoms with van der Waals surface area (Å²) in [6, 6.07) is 7.67. The summed E-state index contributed by atoms with van der Waals surface area (Å²) in [5, 5.41) is 4.60. The standard InChI is InChI=1S/C19H24FN3/c20-17-10-15-2-1-7-21-19(15)16(11-17)13-23-8-5-18(6-9-23)22-12-14-3-4-14/h1-2,7,10-11,14,18,22H,3-6,8-9,12-13H2. The average molecular weight is 313 g/mol. The van der Waals surface area contributed by atoms with Gasteiger partial charge in [0.15, 0.2) is 0 Å². The fourth-order valence-corrected chi connectivity index (χ4v) is 3.54. The van der Waals surface area contributed by atoms with Crippen LogP contribution in [0.1, 0.15) is 31.2 Å². The summed E-state index contributed by atoms with van der Waals surface area (Å²) in [5.41, 5.74) is 1.94. The molecule has 3 nitrogen and oxygen atoms in total. The van der Waals surface area contributed by atoms with Gasteiger partial charge in [-0.2, -0.15) is 0 Å². The van der Waals surface area contributed by atoms with Crippen LogP contribution in [0.15, 0.2) is 30.5 Å². The molecule has 1 aliphatic heterocycles. The van der Waals surface area contributed by atoms with E-state index in [0.29, 0.717) is 6.04 Å². The van der Waals surface area contributed by atoms with E-state index in [-0.39, 0.29) is 5.82 Å². The minimum absolute atomic E-state index is 0.165. The molecule has 2 fully saturated rings. The molecule has 2 aromatic rings. The number of benzene rings is 1. The van der Waals surface area contributed by atoms with Gasteiger partial charge in [-0.3, -0.25) is 9.88 Å². The SMILES string of the molecule is Fc1cc(CN2CCC(NCC3CC3)CC2)c2ncccc2c1. The fraction of sp³-hybridized carbons (Fsp3) is 0.526. The molecule has 1 aromatic carbocycles. The van der Waals surface area contributed by atoms with Gasteiger partial charge in [0.2, 0.25) is 0 Å². The Labute approximate surface area is 136 Å². The van der Waals surface area contributed by atoms with Crippen LogP contribution in [0.2, 0.25) is 0 Å². The van der Waals surface area contributed by atoms with Crippen molar-refractivity contribution in [3.63, 3.8) is 0 Å². The number of likely N-dealkylation sites (tertiary alicyclic amines) is 1. The summed E-state index contributed by atoms with van der Waals surface area (Å²) in [6.07, 6.45) is 6.98. The largest absolute Gasteiger partial charge is 0.314 e. The number of nitrogens with one attached hydrogen (secondary N) is 1. The Balaban J connectivity index is 1.39. The average Bonchev–Trinajstić information content (AvgIpc) is 3.38. The number of hydrogen-bond donors (Lipinski definition) is 1. The second-order valence-electron chi connectivity index (χ2n) is 7.04. The van der Waals surface area contributed by atoms with Crippen molar-refractivity contribution < 1.29 is 4.39 Å². The monoisotopic (exact) mass is 313 g/mol. The molecule has 0 radical (unpaired) electrons. The highest BCUT2D eigenvalue weighted by Gasteiger charge is 2.24. The van der Waals surface area contributed by atoms with Gasteiger partial charge in [0, 0.05) is 24.2 Å². The normalized spacial score (nSPS) is 20.2. The minimum Gasteiger partial charge on any atom is -0.314 e. The lowest BCUT2D eigenvalue weighted by Gasteiger charge is -2.32. The summed E-state index contributed by atoms with van der Waals surface area (Å²) < 4.78 is 13.8. The van der Waals surface area contributed by atoms with Crippen LogP contribution >= 0.6 is 0 Å². The molecule has 2 aliphatic rings. The zero-order chi connectivity index (χ0) is 15.6. The predicted molar refractivity (Wildman–Crippen MR) is 90.7 cm³/mol. The number of pyridine rings is 1. The highest BCUT2D eigenvalue weighted by molar-refractivity contribution is 5.81. The first-order valence-electron chi connectivity index (χ1n) is 8.77. The Morgan fingerprint density at radius 1 is 1.17 bits per heavy atom. The van der Waals surface area contributed by atoms with E-state index < -0.39 is 0 Å². The Kier molecular flexibility index (Phi) is 4.27. The van der Waals surface area contributed by atoms with Crippen LogP contribution < -0.4 is 5.32 Å². The number of nitrogens with zero attached hydrogens (tertiary/aromatic N) is 2. The van der Waals surface area contributed by atoms with Crippen LogP contribution in [0.5, 0.6) is 0 Å². The number of fused-ring (bicyclic) bond motifs is 1. The third-order valence-electron chi connectivity index (χ3n) is 5.12. The van der Waals surface area contributed by atoms with E-state index in [1.807, 2.05) is 12.1 Å². The molecule has 1 aromatic heterocycles. The molecule has 0 atom stereocenters. The summed E-state index contributed by atoms with van der Waals surface area (Å²) in [5.74, 6) is 0.777. The zero-order valence-corrected chi connectivity index (χ0v) is 13.5. The van der Waals surface area contributed by atoms with E-state index in [1.165, 1.54) is 32.2 Å². The van der Waals surface area contributed by atoms with Gasteiger partial charge in [0.1, 0.15) is 5.82 Å². The van der Waals surface area contributed by atoms with E-state index in [9.17, 15) is 4.39 Å². The molecular weight excluding hydrogens is 289 g/mol. The van der Waals surface area contributed by atoms with E-state index in [2.05, 4.69) is 15.2 Å². The number of aromatic nitrogens is 1. The first kappa shape index (κ1) is 15.0. The fourth-order valence-electron chi connectivity index (χ4n) is 3.54. The number of halogens is 1. The summed E-state index contributed by atoms with van der Waals surface area (Å²) in [7, 11) is 0. The van der Waals surface area contributed by atoms with Gasteiger partial charge >= 0.3 is 0 Å².